The van der Waals surface area contributed by atoms with E-state index in [0.717, 1.165) is 35.8 Å². The number of halogens is 3. The van der Waals surface area contributed by atoms with Crippen molar-refractivity contribution in [3.63, 3.8) is 0 Å². The van der Waals surface area contributed by atoms with Gasteiger partial charge in [-0.3, -0.25) is 4.79 Å². The molecule has 2 aromatic carbocycles. The molecule has 0 atom stereocenters. The maximum absolute atomic E-state index is 11.3. The molecule has 30 heavy (non-hydrogen) atoms. The molecule has 0 radical (unpaired) electrons. The van der Waals surface area contributed by atoms with Gasteiger partial charge in [-0.1, -0.05) is 44.5 Å². The van der Waals surface area contributed by atoms with Gasteiger partial charge < -0.3 is 15.6 Å². The number of aliphatic carboxylic acids is 1. The Kier molecular flexibility index (Phi) is 9.88. The predicted molar refractivity (Wildman–Crippen MR) is 108 cm³/mol. The summed E-state index contributed by atoms with van der Waals surface area (Å²) >= 11 is 0. The minimum atomic E-state index is -5.08. The summed E-state index contributed by atoms with van der Waals surface area (Å²) < 4.78 is 37.5. The van der Waals surface area contributed by atoms with Crippen LogP contribution in [0.2, 0.25) is 0 Å². The summed E-state index contributed by atoms with van der Waals surface area (Å²) in [4.78, 5) is 20.2. The molecule has 0 aromatic heterocycles. The number of carboxylic acid groups (broad SMARTS) is 1. The number of hydrogen-bond acceptors (Lipinski definition) is 3. The fraction of sp³-hybridized carbons (Fsp3) is 0.364. The van der Waals surface area contributed by atoms with Crippen LogP contribution < -0.4 is 10.5 Å². The highest BCUT2D eigenvalue weighted by Crippen LogP contribution is 2.23. The standard InChI is InChI=1S/C20H25NO2.C2HF3O2/c1-15(2)6-3-4-13-23-19-11-9-16(10-12-19)17-7-5-8-18(14-17)20(21)22;3-2(4,5)1(6)7/h5,7-12,14-15H,3-4,6,13H2,1-2H3,(H2,21,22);(H,6,7). The number of carboxylic acids is 1. The van der Waals surface area contributed by atoms with E-state index in [0.29, 0.717) is 5.56 Å². The Hall–Kier alpha value is -3.03. The molecule has 2 rings (SSSR count). The Morgan fingerprint density at radius 3 is 2.13 bits per heavy atom. The third-order valence-electron chi connectivity index (χ3n) is 4.02. The van der Waals surface area contributed by atoms with E-state index >= 15 is 0 Å². The highest BCUT2D eigenvalue weighted by atomic mass is 19.4. The number of ether oxygens (including phenoxy) is 1. The van der Waals surface area contributed by atoms with Crippen molar-refractivity contribution in [2.75, 3.05) is 6.61 Å². The van der Waals surface area contributed by atoms with Crippen LogP contribution >= 0.6 is 0 Å². The van der Waals surface area contributed by atoms with Crippen molar-refractivity contribution in [3.8, 4) is 16.9 Å². The van der Waals surface area contributed by atoms with Crippen LogP contribution in [0.1, 0.15) is 43.5 Å². The zero-order chi connectivity index (χ0) is 22.7. The topological polar surface area (TPSA) is 89.6 Å². The third-order valence-corrected chi connectivity index (χ3v) is 4.02. The zero-order valence-corrected chi connectivity index (χ0v) is 16.9. The van der Waals surface area contributed by atoms with E-state index in [4.69, 9.17) is 20.4 Å². The van der Waals surface area contributed by atoms with E-state index < -0.39 is 18.1 Å². The second kappa shape index (κ2) is 11.8. The van der Waals surface area contributed by atoms with Crippen LogP contribution in [0.4, 0.5) is 13.2 Å². The van der Waals surface area contributed by atoms with Crippen LogP contribution in [-0.4, -0.2) is 29.8 Å². The molecule has 164 valence electrons. The van der Waals surface area contributed by atoms with E-state index in [2.05, 4.69) is 13.8 Å². The van der Waals surface area contributed by atoms with Gasteiger partial charge in [0.05, 0.1) is 6.61 Å². The maximum atomic E-state index is 11.3. The molecule has 0 aliphatic heterocycles. The first kappa shape index (κ1) is 25.0. The van der Waals surface area contributed by atoms with Crippen LogP contribution in [-0.2, 0) is 4.79 Å². The molecule has 8 heteroatoms. The monoisotopic (exact) mass is 425 g/mol. The molecule has 3 N–H and O–H groups in total. The van der Waals surface area contributed by atoms with E-state index in [9.17, 15) is 18.0 Å². The Morgan fingerprint density at radius 1 is 1.03 bits per heavy atom. The first-order valence-electron chi connectivity index (χ1n) is 9.44. The van der Waals surface area contributed by atoms with Gasteiger partial charge in [0.1, 0.15) is 5.75 Å². The highest BCUT2D eigenvalue weighted by Gasteiger charge is 2.38. The Balaban J connectivity index is 0.000000553. The van der Waals surface area contributed by atoms with Crippen molar-refractivity contribution in [3.05, 3.63) is 54.1 Å². The Bertz CT molecular complexity index is 818. The number of carbonyl (C=O) groups is 2. The van der Waals surface area contributed by atoms with Crippen LogP contribution in [0.25, 0.3) is 11.1 Å². The lowest BCUT2D eigenvalue weighted by Crippen LogP contribution is -2.21. The Morgan fingerprint density at radius 2 is 1.63 bits per heavy atom. The normalized spacial score (nSPS) is 10.9. The number of unbranched alkanes of at least 4 members (excludes halogenated alkanes) is 1. The fourth-order valence-corrected chi connectivity index (χ4v) is 2.44. The van der Waals surface area contributed by atoms with Gasteiger partial charge in [0.25, 0.3) is 0 Å². The third kappa shape index (κ3) is 9.45. The number of carbonyl (C=O) groups excluding carboxylic acids is 1. The summed E-state index contributed by atoms with van der Waals surface area (Å²) in [5, 5.41) is 7.12. The van der Waals surface area contributed by atoms with Crippen molar-refractivity contribution in [2.24, 2.45) is 11.7 Å². The van der Waals surface area contributed by atoms with Crippen molar-refractivity contribution < 1.29 is 32.6 Å². The number of primary amides is 1. The Labute approximate surface area is 173 Å². The average Bonchev–Trinajstić information content (AvgIpc) is 2.68. The van der Waals surface area contributed by atoms with Gasteiger partial charge in [0.2, 0.25) is 5.91 Å². The average molecular weight is 425 g/mol. The molecule has 0 aliphatic carbocycles. The zero-order valence-electron chi connectivity index (χ0n) is 16.9. The fourth-order valence-electron chi connectivity index (χ4n) is 2.44. The first-order chi connectivity index (χ1) is 14.0. The minimum absolute atomic E-state index is 0.409. The number of nitrogens with two attached hydrogens (primary N) is 1. The van der Waals surface area contributed by atoms with E-state index in [1.807, 2.05) is 42.5 Å². The molecule has 5 nitrogen and oxygen atoms in total. The first-order valence-corrected chi connectivity index (χ1v) is 9.44. The van der Waals surface area contributed by atoms with Crippen LogP contribution in [0.3, 0.4) is 0 Å². The smallest absolute Gasteiger partial charge is 0.490 e. The summed E-state index contributed by atoms with van der Waals surface area (Å²) in [6.07, 6.45) is -1.55. The summed E-state index contributed by atoms with van der Waals surface area (Å²) in [6, 6.07) is 15.3. The van der Waals surface area contributed by atoms with Gasteiger partial charge in [0, 0.05) is 5.56 Å². The summed E-state index contributed by atoms with van der Waals surface area (Å²) in [5.41, 5.74) is 7.86. The van der Waals surface area contributed by atoms with Crippen molar-refractivity contribution in [2.45, 2.75) is 39.3 Å². The van der Waals surface area contributed by atoms with Crippen molar-refractivity contribution in [1.29, 1.82) is 0 Å². The van der Waals surface area contributed by atoms with Gasteiger partial charge in [-0.2, -0.15) is 13.2 Å². The van der Waals surface area contributed by atoms with E-state index in [-0.39, 0.29) is 0 Å². The molecule has 0 unspecified atom stereocenters. The number of hydrogen-bond donors (Lipinski definition) is 2. The molecule has 0 spiro atoms. The van der Waals surface area contributed by atoms with Gasteiger partial charge in [0.15, 0.2) is 0 Å². The molecule has 0 aliphatic rings. The largest absolute Gasteiger partial charge is 0.494 e. The molecule has 0 bridgehead atoms. The molecule has 0 saturated heterocycles. The van der Waals surface area contributed by atoms with E-state index in [1.165, 1.54) is 12.8 Å². The molecule has 0 heterocycles. The number of benzene rings is 2. The minimum Gasteiger partial charge on any atom is -0.494 e. The second-order valence-corrected chi connectivity index (χ2v) is 7.01. The maximum Gasteiger partial charge on any atom is 0.490 e. The van der Waals surface area contributed by atoms with Gasteiger partial charge in [-0.05, 0) is 54.2 Å². The van der Waals surface area contributed by atoms with Crippen molar-refractivity contribution >= 4 is 11.9 Å². The molecule has 0 saturated carbocycles. The lowest BCUT2D eigenvalue weighted by Gasteiger charge is -2.09. The summed E-state index contributed by atoms with van der Waals surface area (Å²) in [7, 11) is 0. The number of amides is 1. The molecule has 1 amide bonds. The summed E-state index contributed by atoms with van der Waals surface area (Å²) in [6.45, 7) is 5.24. The van der Waals surface area contributed by atoms with Crippen molar-refractivity contribution in [1.82, 2.24) is 0 Å². The van der Waals surface area contributed by atoms with Gasteiger partial charge in [-0.15, -0.1) is 0 Å². The lowest BCUT2D eigenvalue weighted by molar-refractivity contribution is -0.192. The second-order valence-electron chi connectivity index (χ2n) is 7.01. The number of alkyl halides is 3. The van der Waals surface area contributed by atoms with Crippen LogP contribution in [0.15, 0.2) is 48.5 Å². The predicted octanol–water partition coefficient (Wildman–Crippen LogP) is 5.29. The van der Waals surface area contributed by atoms with Gasteiger partial charge in [-0.25, -0.2) is 4.79 Å². The lowest BCUT2D eigenvalue weighted by atomic mass is 10.0. The molecular formula is C22H26F3NO4. The van der Waals surface area contributed by atoms with E-state index in [1.54, 1.807) is 6.07 Å². The SMILES string of the molecule is CC(C)CCCCOc1ccc(-c2cccc(C(N)=O)c2)cc1.O=C(O)C(F)(F)F. The molecule has 0 fully saturated rings. The van der Waals surface area contributed by atoms with Crippen LogP contribution in [0, 0.1) is 5.92 Å². The quantitative estimate of drug-likeness (QED) is 0.562. The number of rotatable bonds is 8. The molecule has 2 aromatic rings. The highest BCUT2D eigenvalue weighted by molar-refractivity contribution is 5.94. The van der Waals surface area contributed by atoms with Gasteiger partial charge >= 0.3 is 12.1 Å². The van der Waals surface area contributed by atoms with Crippen LogP contribution in [0.5, 0.6) is 5.75 Å². The molecular weight excluding hydrogens is 399 g/mol. The summed E-state index contributed by atoms with van der Waals surface area (Å²) in [5.74, 6) is -1.53.